The molecular formula is C12H17N3OS. The molecule has 5 heteroatoms. The zero-order valence-electron chi connectivity index (χ0n) is 9.93. The second-order valence-electron chi connectivity index (χ2n) is 4.97. The van der Waals surface area contributed by atoms with E-state index in [0.29, 0.717) is 12.5 Å². The first-order valence-electron chi connectivity index (χ1n) is 6.15. The molecule has 2 atom stereocenters. The number of aromatic nitrogens is 1. The van der Waals surface area contributed by atoms with Gasteiger partial charge in [0, 0.05) is 23.9 Å². The van der Waals surface area contributed by atoms with E-state index in [4.69, 9.17) is 5.73 Å². The number of nitrogens with zero attached hydrogens (tertiary/aromatic N) is 2. The van der Waals surface area contributed by atoms with Crippen LogP contribution in [0, 0.1) is 6.92 Å². The molecular weight excluding hydrogens is 234 g/mol. The van der Waals surface area contributed by atoms with Crippen molar-refractivity contribution in [2.75, 3.05) is 0 Å². The molecule has 1 amide bonds. The molecule has 4 nitrogen and oxygen atoms in total. The van der Waals surface area contributed by atoms with Crippen LogP contribution in [-0.4, -0.2) is 27.9 Å². The molecule has 1 saturated heterocycles. The minimum atomic E-state index is 0.00806. The van der Waals surface area contributed by atoms with Crippen LogP contribution < -0.4 is 5.73 Å². The molecule has 2 fully saturated rings. The lowest BCUT2D eigenvalue weighted by atomic mass is 9.94. The van der Waals surface area contributed by atoms with Crippen LogP contribution in [0.5, 0.6) is 0 Å². The smallest absolute Gasteiger partial charge is 0.223 e. The Kier molecular flexibility index (Phi) is 2.67. The first-order valence-corrected chi connectivity index (χ1v) is 7.03. The summed E-state index contributed by atoms with van der Waals surface area (Å²) >= 11 is 1.63. The quantitative estimate of drug-likeness (QED) is 0.868. The highest BCUT2D eigenvalue weighted by Gasteiger charge is 2.43. The predicted molar refractivity (Wildman–Crippen MR) is 66.7 cm³/mol. The summed E-state index contributed by atoms with van der Waals surface area (Å²) < 4.78 is 0. The molecule has 1 aliphatic heterocycles. The van der Waals surface area contributed by atoms with Crippen molar-refractivity contribution < 1.29 is 4.79 Å². The van der Waals surface area contributed by atoms with E-state index in [9.17, 15) is 4.79 Å². The van der Waals surface area contributed by atoms with E-state index in [2.05, 4.69) is 4.98 Å². The monoisotopic (exact) mass is 251 g/mol. The molecule has 1 saturated carbocycles. The maximum atomic E-state index is 12.1. The van der Waals surface area contributed by atoms with Crippen LogP contribution in [0.4, 0.5) is 0 Å². The number of hydrogen-bond donors (Lipinski definition) is 1. The lowest BCUT2D eigenvalue weighted by Crippen LogP contribution is -2.49. The van der Waals surface area contributed by atoms with E-state index in [1.165, 1.54) is 0 Å². The Morgan fingerprint density at radius 2 is 2.24 bits per heavy atom. The number of aryl methyl sites for hydroxylation is 1. The van der Waals surface area contributed by atoms with Crippen LogP contribution in [0.25, 0.3) is 0 Å². The van der Waals surface area contributed by atoms with Crippen LogP contribution in [0.2, 0.25) is 0 Å². The largest absolute Gasteiger partial charge is 0.329 e. The first-order chi connectivity index (χ1) is 8.16. The maximum Gasteiger partial charge on any atom is 0.223 e. The molecule has 3 rings (SSSR count). The van der Waals surface area contributed by atoms with Gasteiger partial charge in [-0.2, -0.15) is 0 Å². The van der Waals surface area contributed by atoms with E-state index in [1.807, 2.05) is 17.2 Å². The number of thiazole rings is 1. The van der Waals surface area contributed by atoms with Crippen molar-refractivity contribution in [3.63, 3.8) is 0 Å². The summed E-state index contributed by atoms with van der Waals surface area (Å²) in [5.74, 6) is 0.254. The van der Waals surface area contributed by atoms with Gasteiger partial charge in [0.1, 0.15) is 0 Å². The molecule has 17 heavy (non-hydrogen) atoms. The van der Waals surface area contributed by atoms with Crippen LogP contribution in [0.1, 0.15) is 42.4 Å². The Morgan fingerprint density at radius 1 is 1.47 bits per heavy atom. The zero-order chi connectivity index (χ0) is 12.0. The highest BCUT2D eigenvalue weighted by Crippen LogP contribution is 2.39. The van der Waals surface area contributed by atoms with Gasteiger partial charge in [-0.15, -0.1) is 11.3 Å². The van der Waals surface area contributed by atoms with Gasteiger partial charge in [-0.25, -0.2) is 4.98 Å². The molecule has 0 bridgehead atoms. The van der Waals surface area contributed by atoms with Crippen molar-refractivity contribution in [1.29, 1.82) is 0 Å². The number of carbonyl (C=O) groups is 1. The third-order valence-corrected chi connectivity index (χ3v) is 4.36. The standard InChI is InChI=1S/C12H17N3OS/c1-7-14-10(6-17-7)12-9(13)4-5-11(16)15(12)8-2-3-8/h6,8-9,12H,2-5,13H2,1H3. The average molecular weight is 251 g/mol. The maximum absolute atomic E-state index is 12.1. The van der Waals surface area contributed by atoms with Gasteiger partial charge >= 0.3 is 0 Å². The second kappa shape index (κ2) is 4.07. The third-order valence-electron chi connectivity index (χ3n) is 3.56. The summed E-state index contributed by atoms with van der Waals surface area (Å²) in [6.07, 6.45) is 3.62. The summed E-state index contributed by atoms with van der Waals surface area (Å²) in [4.78, 5) is 18.6. The molecule has 1 aliphatic carbocycles. The van der Waals surface area contributed by atoms with Gasteiger partial charge in [0.15, 0.2) is 0 Å². The van der Waals surface area contributed by atoms with Gasteiger partial charge in [-0.3, -0.25) is 4.79 Å². The Balaban J connectivity index is 1.94. The van der Waals surface area contributed by atoms with Gasteiger partial charge in [-0.05, 0) is 26.2 Å². The van der Waals surface area contributed by atoms with Gasteiger partial charge in [0.05, 0.1) is 16.7 Å². The number of rotatable bonds is 2. The molecule has 2 heterocycles. The number of likely N-dealkylation sites (tertiary alicyclic amines) is 1. The fourth-order valence-corrected chi connectivity index (χ4v) is 3.24. The molecule has 1 aromatic heterocycles. The van der Waals surface area contributed by atoms with E-state index in [-0.39, 0.29) is 18.0 Å². The lowest BCUT2D eigenvalue weighted by molar-refractivity contribution is -0.138. The fraction of sp³-hybridized carbons (Fsp3) is 0.667. The lowest BCUT2D eigenvalue weighted by Gasteiger charge is -2.39. The zero-order valence-corrected chi connectivity index (χ0v) is 10.7. The first kappa shape index (κ1) is 11.2. The van der Waals surface area contributed by atoms with Gasteiger partial charge in [0.25, 0.3) is 0 Å². The third kappa shape index (κ3) is 1.98. The van der Waals surface area contributed by atoms with Crippen LogP contribution in [0.3, 0.4) is 0 Å². The summed E-state index contributed by atoms with van der Waals surface area (Å²) in [5.41, 5.74) is 7.20. The molecule has 0 aromatic carbocycles. The SMILES string of the molecule is Cc1nc(C2C(N)CCC(=O)N2C2CC2)cs1. The summed E-state index contributed by atoms with van der Waals surface area (Å²) in [6, 6.07) is 0.462. The molecule has 2 unspecified atom stereocenters. The van der Waals surface area contributed by atoms with E-state index in [0.717, 1.165) is 30.0 Å². The average Bonchev–Trinajstić information content (AvgIpc) is 3.04. The van der Waals surface area contributed by atoms with Crippen LogP contribution >= 0.6 is 11.3 Å². The Morgan fingerprint density at radius 3 is 2.82 bits per heavy atom. The van der Waals surface area contributed by atoms with Gasteiger partial charge < -0.3 is 10.6 Å². The number of piperidine rings is 1. The molecule has 2 N–H and O–H groups in total. The topological polar surface area (TPSA) is 59.2 Å². The minimum absolute atomic E-state index is 0.00806. The Labute approximate surface area is 105 Å². The van der Waals surface area contributed by atoms with Crippen LogP contribution in [0.15, 0.2) is 5.38 Å². The molecule has 0 radical (unpaired) electrons. The highest BCUT2D eigenvalue weighted by atomic mass is 32.1. The molecule has 2 aliphatic rings. The second-order valence-corrected chi connectivity index (χ2v) is 6.03. The summed E-state index contributed by atoms with van der Waals surface area (Å²) in [5, 5.41) is 3.09. The Bertz CT molecular complexity index is 441. The number of hydrogen-bond acceptors (Lipinski definition) is 4. The molecule has 92 valence electrons. The van der Waals surface area contributed by atoms with Crippen molar-refractivity contribution in [3.8, 4) is 0 Å². The normalized spacial score (nSPS) is 29.8. The van der Waals surface area contributed by atoms with Crippen molar-refractivity contribution in [2.45, 2.75) is 50.7 Å². The molecule has 0 spiro atoms. The minimum Gasteiger partial charge on any atom is -0.329 e. The summed E-state index contributed by atoms with van der Waals surface area (Å²) in [6.45, 7) is 1.99. The van der Waals surface area contributed by atoms with Gasteiger partial charge in [0.2, 0.25) is 5.91 Å². The van der Waals surface area contributed by atoms with Crippen molar-refractivity contribution in [1.82, 2.24) is 9.88 Å². The number of nitrogens with two attached hydrogens (primary N) is 1. The predicted octanol–water partition coefficient (Wildman–Crippen LogP) is 1.60. The van der Waals surface area contributed by atoms with Crippen molar-refractivity contribution in [2.24, 2.45) is 5.73 Å². The van der Waals surface area contributed by atoms with E-state index in [1.54, 1.807) is 11.3 Å². The van der Waals surface area contributed by atoms with E-state index < -0.39 is 0 Å². The van der Waals surface area contributed by atoms with E-state index >= 15 is 0 Å². The van der Waals surface area contributed by atoms with Crippen molar-refractivity contribution >= 4 is 17.2 Å². The Hall–Kier alpha value is -0.940. The fourth-order valence-electron chi connectivity index (χ4n) is 2.60. The molecule has 1 aromatic rings. The van der Waals surface area contributed by atoms with Crippen molar-refractivity contribution in [3.05, 3.63) is 16.1 Å². The summed E-state index contributed by atoms with van der Waals surface area (Å²) in [7, 11) is 0. The van der Waals surface area contributed by atoms with Gasteiger partial charge in [-0.1, -0.05) is 0 Å². The number of carbonyl (C=O) groups excluding carboxylic acids is 1. The number of amides is 1. The highest BCUT2D eigenvalue weighted by molar-refractivity contribution is 7.09. The van der Waals surface area contributed by atoms with Crippen LogP contribution in [-0.2, 0) is 4.79 Å².